The first-order chi connectivity index (χ1) is 9.49. The van der Waals surface area contributed by atoms with Gasteiger partial charge in [-0.25, -0.2) is 4.98 Å². The summed E-state index contributed by atoms with van der Waals surface area (Å²) in [6.45, 7) is 1.83. The summed E-state index contributed by atoms with van der Waals surface area (Å²) in [6, 6.07) is 7.14. The van der Waals surface area contributed by atoms with Gasteiger partial charge in [0.1, 0.15) is 0 Å². The van der Waals surface area contributed by atoms with E-state index in [1.54, 1.807) is 23.7 Å². The molecule has 0 spiro atoms. The second kappa shape index (κ2) is 4.76. The van der Waals surface area contributed by atoms with E-state index in [-0.39, 0.29) is 10.2 Å². The van der Waals surface area contributed by atoms with Crippen LogP contribution in [0.2, 0.25) is 5.15 Å². The fourth-order valence-electron chi connectivity index (χ4n) is 1.86. The predicted octanol–water partition coefficient (Wildman–Crippen LogP) is 3.16. The first kappa shape index (κ1) is 13.4. The van der Waals surface area contributed by atoms with Gasteiger partial charge < -0.3 is 0 Å². The Balaban J connectivity index is 2.11. The molecule has 0 aliphatic carbocycles. The molecular weight excluding hydrogens is 318 g/mol. The van der Waals surface area contributed by atoms with Gasteiger partial charge in [-0.2, -0.15) is 8.42 Å². The van der Waals surface area contributed by atoms with E-state index in [0.717, 1.165) is 5.56 Å². The largest absolute Gasteiger partial charge is 0.281 e. The molecule has 1 N–H and O–H groups in total. The molecule has 3 aromatic rings. The third-order valence-electron chi connectivity index (χ3n) is 2.82. The summed E-state index contributed by atoms with van der Waals surface area (Å²) >= 11 is 7.28. The molecule has 8 heteroatoms. The minimum atomic E-state index is -3.79. The molecule has 20 heavy (non-hydrogen) atoms. The number of para-hydroxylation sites is 1. The lowest BCUT2D eigenvalue weighted by Gasteiger charge is -2.09. The fourth-order valence-corrected chi connectivity index (χ4v) is 4.45. The minimum absolute atomic E-state index is 0.0297. The average molecular weight is 328 g/mol. The van der Waals surface area contributed by atoms with Crippen LogP contribution in [0.3, 0.4) is 0 Å². The zero-order valence-electron chi connectivity index (χ0n) is 10.4. The van der Waals surface area contributed by atoms with Crippen LogP contribution in [0, 0.1) is 6.92 Å². The summed E-state index contributed by atoms with van der Waals surface area (Å²) < 4.78 is 29.0. The van der Waals surface area contributed by atoms with Crippen molar-refractivity contribution in [2.24, 2.45) is 0 Å². The van der Waals surface area contributed by atoms with Gasteiger partial charge >= 0.3 is 0 Å². The van der Waals surface area contributed by atoms with Gasteiger partial charge in [0.05, 0.1) is 5.69 Å². The SMILES string of the molecule is Cc1ccccc1NS(=O)(=O)c1c(Cl)nc2sccn12. The van der Waals surface area contributed by atoms with Crippen molar-refractivity contribution in [1.82, 2.24) is 9.38 Å². The Bertz CT molecular complexity index is 883. The summed E-state index contributed by atoms with van der Waals surface area (Å²) in [5.41, 5.74) is 1.35. The summed E-state index contributed by atoms with van der Waals surface area (Å²) in [6.07, 6.45) is 1.63. The lowest BCUT2D eigenvalue weighted by Crippen LogP contribution is -2.15. The number of nitrogens with one attached hydrogen (secondary N) is 1. The first-order valence-electron chi connectivity index (χ1n) is 5.68. The number of fused-ring (bicyclic) bond motifs is 1. The van der Waals surface area contributed by atoms with Gasteiger partial charge in [0, 0.05) is 11.6 Å². The molecule has 2 aromatic heterocycles. The highest BCUT2D eigenvalue weighted by Crippen LogP contribution is 2.27. The van der Waals surface area contributed by atoms with E-state index in [0.29, 0.717) is 10.6 Å². The number of anilines is 1. The van der Waals surface area contributed by atoms with E-state index in [2.05, 4.69) is 9.71 Å². The zero-order chi connectivity index (χ0) is 14.3. The maximum atomic E-state index is 12.5. The number of benzene rings is 1. The van der Waals surface area contributed by atoms with Gasteiger partial charge in [0.2, 0.25) is 0 Å². The Labute approximate surface area is 124 Å². The molecule has 0 bridgehead atoms. The van der Waals surface area contributed by atoms with Crippen molar-refractivity contribution in [3.8, 4) is 0 Å². The lowest BCUT2D eigenvalue weighted by atomic mass is 10.2. The molecule has 1 aromatic carbocycles. The second-order valence-corrected chi connectivity index (χ2v) is 7.01. The molecular formula is C12H10ClN3O2S2. The monoisotopic (exact) mass is 327 g/mol. The van der Waals surface area contributed by atoms with Crippen molar-refractivity contribution >= 4 is 43.6 Å². The van der Waals surface area contributed by atoms with Crippen molar-refractivity contribution < 1.29 is 8.42 Å². The normalized spacial score (nSPS) is 11.9. The molecule has 0 aliphatic heterocycles. The van der Waals surface area contributed by atoms with Gasteiger partial charge in [-0.05, 0) is 18.6 Å². The summed E-state index contributed by atoms with van der Waals surface area (Å²) in [4.78, 5) is 4.57. The van der Waals surface area contributed by atoms with Gasteiger partial charge in [-0.15, -0.1) is 11.3 Å². The quantitative estimate of drug-likeness (QED) is 0.803. The number of halogens is 1. The molecule has 5 nitrogen and oxygen atoms in total. The number of aryl methyl sites for hydroxylation is 1. The minimum Gasteiger partial charge on any atom is -0.278 e. The summed E-state index contributed by atoms with van der Waals surface area (Å²) in [5.74, 6) is 0. The highest BCUT2D eigenvalue weighted by atomic mass is 35.5. The zero-order valence-corrected chi connectivity index (χ0v) is 12.8. The number of rotatable bonds is 3. The third kappa shape index (κ3) is 2.17. The Kier molecular flexibility index (Phi) is 3.19. The number of imidazole rings is 1. The van der Waals surface area contributed by atoms with Crippen LogP contribution in [-0.2, 0) is 10.0 Å². The van der Waals surface area contributed by atoms with Gasteiger partial charge in [-0.3, -0.25) is 9.12 Å². The number of hydrogen-bond acceptors (Lipinski definition) is 4. The van der Waals surface area contributed by atoms with Crippen LogP contribution in [0.4, 0.5) is 5.69 Å². The Morgan fingerprint density at radius 2 is 2.10 bits per heavy atom. The molecule has 3 rings (SSSR count). The lowest BCUT2D eigenvalue weighted by molar-refractivity contribution is 0.596. The van der Waals surface area contributed by atoms with Crippen LogP contribution in [0.5, 0.6) is 0 Å². The maximum absolute atomic E-state index is 12.5. The van der Waals surface area contributed by atoms with Crippen LogP contribution in [0.25, 0.3) is 4.96 Å². The van der Waals surface area contributed by atoms with E-state index in [1.165, 1.54) is 15.7 Å². The number of thiazole rings is 1. The van der Waals surface area contributed by atoms with Gasteiger partial charge in [0.15, 0.2) is 15.1 Å². The number of nitrogens with zero attached hydrogens (tertiary/aromatic N) is 2. The molecule has 0 aliphatic rings. The van der Waals surface area contributed by atoms with E-state index < -0.39 is 10.0 Å². The van der Waals surface area contributed by atoms with Crippen molar-refractivity contribution in [3.05, 3.63) is 46.6 Å². The standard InChI is InChI=1S/C12H10ClN3O2S2/c1-8-4-2-3-5-9(8)15-20(17,18)11-10(13)14-12-16(11)6-7-19-12/h2-7,15H,1H3. The van der Waals surface area contributed by atoms with Crippen molar-refractivity contribution in [1.29, 1.82) is 0 Å². The predicted molar refractivity (Wildman–Crippen MR) is 80.1 cm³/mol. The van der Waals surface area contributed by atoms with E-state index in [1.807, 2.05) is 19.1 Å². The van der Waals surface area contributed by atoms with E-state index in [4.69, 9.17) is 11.6 Å². The molecule has 0 amide bonds. The summed E-state index contributed by atoms with van der Waals surface area (Å²) in [5, 5.41) is 1.68. The van der Waals surface area contributed by atoms with Gasteiger partial charge in [0.25, 0.3) is 10.0 Å². The van der Waals surface area contributed by atoms with Crippen LogP contribution in [0.1, 0.15) is 5.56 Å². The molecule has 0 radical (unpaired) electrons. The Morgan fingerprint density at radius 1 is 1.35 bits per heavy atom. The summed E-state index contributed by atoms with van der Waals surface area (Å²) in [7, 11) is -3.79. The number of sulfonamides is 1. The van der Waals surface area contributed by atoms with Crippen LogP contribution < -0.4 is 4.72 Å². The van der Waals surface area contributed by atoms with Crippen molar-refractivity contribution in [2.75, 3.05) is 4.72 Å². The maximum Gasteiger partial charge on any atom is 0.281 e. The Hall–Kier alpha value is -1.57. The highest BCUT2D eigenvalue weighted by Gasteiger charge is 2.25. The average Bonchev–Trinajstić information content (AvgIpc) is 2.91. The van der Waals surface area contributed by atoms with E-state index >= 15 is 0 Å². The van der Waals surface area contributed by atoms with Crippen molar-refractivity contribution in [3.63, 3.8) is 0 Å². The van der Waals surface area contributed by atoms with Crippen LogP contribution in [-0.4, -0.2) is 17.8 Å². The van der Waals surface area contributed by atoms with Crippen molar-refractivity contribution in [2.45, 2.75) is 11.9 Å². The number of aromatic nitrogens is 2. The molecule has 0 atom stereocenters. The molecule has 0 fully saturated rings. The molecule has 0 unspecified atom stereocenters. The highest BCUT2D eigenvalue weighted by molar-refractivity contribution is 7.92. The van der Waals surface area contributed by atoms with Gasteiger partial charge in [-0.1, -0.05) is 29.8 Å². The Morgan fingerprint density at radius 3 is 2.85 bits per heavy atom. The smallest absolute Gasteiger partial charge is 0.278 e. The topological polar surface area (TPSA) is 63.5 Å². The fraction of sp³-hybridized carbons (Fsp3) is 0.0833. The third-order valence-corrected chi connectivity index (χ3v) is 5.34. The van der Waals surface area contributed by atoms with Crippen LogP contribution in [0.15, 0.2) is 40.9 Å². The first-order valence-corrected chi connectivity index (χ1v) is 8.42. The van der Waals surface area contributed by atoms with E-state index in [9.17, 15) is 8.42 Å². The van der Waals surface area contributed by atoms with Crippen LogP contribution >= 0.6 is 22.9 Å². The molecule has 0 saturated heterocycles. The molecule has 0 saturated carbocycles. The number of hydrogen-bond donors (Lipinski definition) is 1. The second-order valence-electron chi connectivity index (χ2n) is 4.18. The molecule has 2 heterocycles. The molecule has 104 valence electrons.